The summed E-state index contributed by atoms with van der Waals surface area (Å²) in [6, 6.07) is 0. The molecule has 1 heterocycles. The van der Waals surface area contributed by atoms with E-state index in [4.69, 9.17) is 4.74 Å². The van der Waals surface area contributed by atoms with Gasteiger partial charge in [0.05, 0.1) is 12.8 Å². The van der Waals surface area contributed by atoms with E-state index < -0.39 is 0 Å². The largest absolute Gasteiger partial charge is 0.465 e. The second kappa shape index (κ2) is 4.68. The minimum Gasteiger partial charge on any atom is -0.465 e. The zero-order valence-electron chi connectivity index (χ0n) is 9.88. The number of ether oxygens (including phenoxy) is 1. The highest BCUT2D eigenvalue weighted by Crippen LogP contribution is 2.34. The summed E-state index contributed by atoms with van der Waals surface area (Å²) in [6.45, 7) is 1.87. The molecule has 0 bridgehead atoms. The predicted molar refractivity (Wildman–Crippen MR) is 60.5 cm³/mol. The Hall–Kier alpha value is -1.32. The molecule has 1 saturated carbocycles. The number of H-pyrrole nitrogens is 1. The number of nitrogens with one attached hydrogen (secondary N) is 1. The van der Waals surface area contributed by atoms with E-state index in [1.165, 1.54) is 26.4 Å². The summed E-state index contributed by atoms with van der Waals surface area (Å²) in [5, 5.41) is 7.18. The predicted octanol–water partition coefficient (Wildman–Crippen LogP) is 2.55. The number of aromatic amines is 1. The molecule has 0 radical (unpaired) electrons. The number of carbonyl (C=O) groups is 1. The minimum atomic E-state index is -0.271. The van der Waals surface area contributed by atoms with E-state index in [9.17, 15) is 4.79 Å². The molecule has 4 heteroatoms. The smallest absolute Gasteiger partial charge is 0.341 e. The Morgan fingerprint density at radius 1 is 1.38 bits per heavy atom. The first-order valence-corrected chi connectivity index (χ1v) is 5.87. The Morgan fingerprint density at radius 3 is 2.69 bits per heavy atom. The van der Waals surface area contributed by atoms with Crippen molar-refractivity contribution in [3.05, 3.63) is 17.0 Å². The molecule has 1 aliphatic rings. The molecule has 1 N–H and O–H groups in total. The summed E-state index contributed by atoms with van der Waals surface area (Å²) in [5.41, 5.74) is 2.37. The van der Waals surface area contributed by atoms with Gasteiger partial charge in [0.2, 0.25) is 0 Å². The third-order valence-electron chi connectivity index (χ3n) is 3.36. The quantitative estimate of drug-likeness (QED) is 0.782. The Balaban J connectivity index is 2.29. The van der Waals surface area contributed by atoms with Crippen LogP contribution >= 0.6 is 0 Å². The number of rotatable bonds is 2. The number of nitrogens with zero attached hydrogens (tertiary/aromatic N) is 1. The number of hydrogen-bond acceptors (Lipinski definition) is 3. The van der Waals surface area contributed by atoms with Crippen LogP contribution in [0.25, 0.3) is 0 Å². The van der Waals surface area contributed by atoms with Crippen LogP contribution in [0.15, 0.2) is 0 Å². The van der Waals surface area contributed by atoms with Gasteiger partial charge in [-0.2, -0.15) is 5.10 Å². The molecule has 0 aromatic carbocycles. The SMILES string of the molecule is COC(=O)c1c(C2CCCCC2)n[nH]c1C. The summed E-state index contributed by atoms with van der Waals surface area (Å²) >= 11 is 0. The van der Waals surface area contributed by atoms with Crippen molar-refractivity contribution in [2.75, 3.05) is 7.11 Å². The molecule has 0 unspecified atom stereocenters. The van der Waals surface area contributed by atoms with Gasteiger partial charge in [0.15, 0.2) is 0 Å². The first kappa shape index (κ1) is 11.2. The van der Waals surface area contributed by atoms with Crippen molar-refractivity contribution in [2.45, 2.75) is 44.9 Å². The van der Waals surface area contributed by atoms with Gasteiger partial charge in [-0.25, -0.2) is 4.79 Å². The Labute approximate surface area is 95.4 Å². The van der Waals surface area contributed by atoms with Gasteiger partial charge < -0.3 is 4.74 Å². The van der Waals surface area contributed by atoms with Crippen molar-refractivity contribution in [1.29, 1.82) is 0 Å². The maximum atomic E-state index is 11.7. The fourth-order valence-electron chi connectivity index (χ4n) is 2.48. The molecule has 4 nitrogen and oxygen atoms in total. The highest BCUT2D eigenvalue weighted by atomic mass is 16.5. The molecule has 2 rings (SSSR count). The average molecular weight is 222 g/mol. The van der Waals surface area contributed by atoms with Gasteiger partial charge in [0.25, 0.3) is 0 Å². The molecule has 0 aliphatic heterocycles. The maximum absolute atomic E-state index is 11.7. The first-order valence-electron chi connectivity index (χ1n) is 5.87. The minimum absolute atomic E-state index is 0.271. The van der Waals surface area contributed by atoms with Crippen LogP contribution in [-0.4, -0.2) is 23.3 Å². The van der Waals surface area contributed by atoms with Crippen LogP contribution in [-0.2, 0) is 4.74 Å². The number of methoxy groups -OCH3 is 1. The van der Waals surface area contributed by atoms with Crippen molar-refractivity contribution < 1.29 is 9.53 Å². The van der Waals surface area contributed by atoms with Gasteiger partial charge in [0, 0.05) is 11.6 Å². The third-order valence-corrected chi connectivity index (χ3v) is 3.36. The van der Waals surface area contributed by atoms with Crippen LogP contribution in [0.1, 0.15) is 59.8 Å². The molecule has 1 aromatic heterocycles. The normalized spacial score (nSPS) is 17.4. The standard InChI is InChI=1S/C12H18N2O2/c1-8-10(12(15)16-2)11(14-13-8)9-6-4-3-5-7-9/h9H,3-7H2,1-2H3,(H,13,14). The highest BCUT2D eigenvalue weighted by Gasteiger charge is 2.26. The van der Waals surface area contributed by atoms with Gasteiger partial charge in [-0.05, 0) is 19.8 Å². The van der Waals surface area contributed by atoms with Gasteiger partial charge in [-0.3, -0.25) is 5.10 Å². The van der Waals surface area contributed by atoms with E-state index in [0.29, 0.717) is 11.5 Å². The van der Waals surface area contributed by atoms with Crippen molar-refractivity contribution in [3.8, 4) is 0 Å². The summed E-state index contributed by atoms with van der Waals surface area (Å²) in [4.78, 5) is 11.7. The molecule has 1 aromatic rings. The van der Waals surface area contributed by atoms with Crippen LogP contribution in [0, 0.1) is 6.92 Å². The van der Waals surface area contributed by atoms with Crippen molar-refractivity contribution >= 4 is 5.97 Å². The van der Waals surface area contributed by atoms with Gasteiger partial charge >= 0.3 is 5.97 Å². The van der Waals surface area contributed by atoms with E-state index in [1.807, 2.05) is 6.92 Å². The molecule has 0 spiro atoms. The maximum Gasteiger partial charge on any atom is 0.341 e. The molecule has 0 amide bonds. The first-order chi connectivity index (χ1) is 7.74. The lowest BCUT2D eigenvalue weighted by molar-refractivity contribution is 0.0598. The molecule has 16 heavy (non-hydrogen) atoms. The topological polar surface area (TPSA) is 55.0 Å². The Bertz CT molecular complexity index is 378. The molecule has 1 aliphatic carbocycles. The summed E-state index contributed by atoms with van der Waals surface area (Å²) in [5.74, 6) is 0.152. The summed E-state index contributed by atoms with van der Waals surface area (Å²) in [7, 11) is 1.42. The molecular weight excluding hydrogens is 204 g/mol. The second-order valence-corrected chi connectivity index (χ2v) is 4.44. The molecule has 88 valence electrons. The van der Waals surface area contributed by atoms with E-state index in [1.54, 1.807) is 0 Å². The average Bonchev–Trinajstić information content (AvgIpc) is 2.71. The molecule has 0 atom stereocenters. The van der Waals surface area contributed by atoms with E-state index in [-0.39, 0.29) is 5.97 Å². The molecular formula is C12H18N2O2. The van der Waals surface area contributed by atoms with Gasteiger partial charge in [-0.1, -0.05) is 19.3 Å². The van der Waals surface area contributed by atoms with Gasteiger partial charge in [-0.15, -0.1) is 0 Å². The Morgan fingerprint density at radius 2 is 2.06 bits per heavy atom. The van der Waals surface area contributed by atoms with Crippen LogP contribution in [0.5, 0.6) is 0 Å². The van der Waals surface area contributed by atoms with Crippen molar-refractivity contribution in [3.63, 3.8) is 0 Å². The lowest BCUT2D eigenvalue weighted by Crippen LogP contribution is -2.11. The number of hydrogen-bond donors (Lipinski definition) is 1. The lowest BCUT2D eigenvalue weighted by Gasteiger charge is -2.20. The number of esters is 1. The fraction of sp³-hybridized carbons (Fsp3) is 0.667. The van der Waals surface area contributed by atoms with E-state index >= 15 is 0 Å². The third kappa shape index (κ3) is 1.96. The zero-order chi connectivity index (χ0) is 11.5. The zero-order valence-corrected chi connectivity index (χ0v) is 9.88. The van der Waals surface area contributed by atoms with E-state index in [2.05, 4.69) is 10.2 Å². The number of aryl methyl sites for hydroxylation is 1. The lowest BCUT2D eigenvalue weighted by atomic mass is 9.85. The Kier molecular flexibility index (Phi) is 3.27. The second-order valence-electron chi connectivity index (χ2n) is 4.44. The summed E-state index contributed by atoms with van der Waals surface area (Å²) in [6.07, 6.45) is 6.03. The summed E-state index contributed by atoms with van der Waals surface area (Å²) < 4.78 is 4.81. The fourth-order valence-corrected chi connectivity index (χ4v) is 2.48. The highest BCUT2D eigenvalue weighted by molar-refractivity contribution is 5.92. The van der Waals surface area contributed by atoms with Gasteiger partial charge in [0.1, 0.15) is 5.56 Å². The monoisotopic (exact) mass is 222 g/mol. The van der Waals surface area contributed by atoms with Crippen molar-refractivity contribution in [1.82, 2.24) is 10.2 Å². The number of carbonyl (C=O) groups excluding carboxylic acids is 1. The van der Waals surface area contributed by atoms with Crippen LogP contribution in [0.2, 0.25) is 0 Å². The molecule has 1 fully saturated rings. The molecule has 0 saturated heterocycles. The van der Waals surface area contributed by atoms with Crippen LogP contribution in [0.3, 0.4) is 0 Å². The van der Waals surface area contributed by atoms with Crippen molar-refractivity contribution in [2.24, 2.45) is 0 Å². The van der Waals surface area contributed by atoms with Crippen LogP contribution in [0.4, 0.5) is 0 Å². The van der Waals surface area contributed by atoms with E-state index in [0.717, 1.165) is 24.2 Å². The van der Waals surface area contributed by atoms with Crippen LogP contribution < -0.4 is 0 Å². The number of aromatic nitrogens is 2.